The van der Waals surface area contributed by atoms with E-state index in [1.807, 2.05) is 6.08 Å². The number of aliphatic carboxylic acids is 1. The van der Waals surface area contributed by atoms with Crippen molar-refractivity contribution in [2.24, 2.45) is 51.2 Å². The molecule has 0 unspecified atom stereocenters. The monoisotopic (exact) mass is 964 g/mol. The van der Waals surface area contributed by atoms with Crippen LogP contribution in [0, 0.1) is 45.3 Å². The number of nitrogens with two attached hydrogens (primary N) is 1. The van der Waals surface area contributed by atoms with Crippen molar-refractivity contribution in [2.45, 2.75) is 102 Å². The van der Waals surface area contributed by atoms with E-state index in [-0.39, 0.29) is 71.1 Å². The fraction of sp³-hybridized carbons (Fsp3) is 0.558. The Hall–Kier alpha value is -5.95. The molecule has 0 aromatic heterocycles. The van der Waals surface area contributed by atoms with Crippen LogP contribution in [0.5, 0.6) is 0 Å². The first-order valence-electron chi connectivity index (χ1n) is 24.4. The number of amides is 4. The van der Waals surface area contributed by atoms with E-state index in [9.17, 15) is 43.8 Å². The lowest BCUT2D eigenvalue weighted by atomic mass is 9.38. The van der Waals surface area contributed by atoms with Gasteiger partial charge in [-0.05, 0) is 134 Å². The topological polar surface area (TPSA) is 276 Å². The Bertz CT molecular complexity index is 2490. The summed E-state index contributed by atoms with van der Waals surface area (Å²) in [6.07, 6.45) is 10.1. The minimum Gasteiger partial charge on any atom is -0.481 e. The van der Waals surface area contributed by atoms with Crippen LogP contribution in [0.2, 0.25) is 0 Å². The summed E-state index contributed by atoms with van der Waals surface area (Å²) < 4.78 is 5.54. The number of nitrogens with one attached hydrogen (secondary N) is 4. The summed E-state index contributed by atoms with van der Waals surface area (Å²) >= 11 is 0. The van der Waals surface area contributed by atoms with Gasteiger partial charge in [0.2, 0.25) is 17.7 Å². The van der Waals surface area contributed by atoms with Gasteiger partial charge in [-0.3, -0.25) is 33.6 Å². The van der Waals surface area contributed by atoms with Crippen molar-refractivity contribution in [3.63, 3.8) is 0 Å². The molecule has 9 N–H and O–H groups in total. The van der Waals surface area contributed by atoms with Gasteiger partial charge >= 0.3 is 12.1 Å². The van der Waals surface area contributed by atoms with Crippen molar-refractivity contribution in [3.05, 3.63) is 83.5 Å². The van der Waals surface area contributed by atoms with Gasteiger partial charge < -0.3 is 46.2 Å². The van der Waals surface area contributed by atoms with Crippen LogP contribution < -0.4 is 32.1 Å². The van der Waals surface area contributed by atoms with Crippen LogP contribution in [-0.2, 0) is 51.4 Å². The molecule has 7 fully saturated rings. The summed E-state index contributed by atoms with van der Waals surface area (Å²) in [6.45, 7) is 4.10. The van der Waals surface area contributed by atoms with Crippen LogP contribution in [0.15, 0.2) is 72.3 Å². The highest BCUT2D eigenvalue weighted by molar-refractivity contribution is 6.01. The summed E-state index contributed by atoms with van der Waals surface area (Å²) in [4.78, 5) is 94.0. The number of hydrogen-bond acceptors (Lipinski definition) is 13. The Morgan fingerprint density at radius 3 is 2.37 bits per heavy atom. The first kappa shape index (κ1) is 49.0. The van der Waals surface area contributed by atoms with Crippen LogP contribution in [0.25, 0.3) is 0 Å². The second kappa shape index (κ2) is 18.7. The third-order valence-corrected chi connectivity index (χ3v) is 17.6. The van der Waals surface area contributed by atoms with Gasteiger partial charge in [-0.2, -0.15) is 0 Å². The van der Waals surface area contributed by atoms with Crippen molar-refractivity contribution >= 4 is 52.7 Å². The second-order valence-corrected chi connectivity index (χ2v) is 21.8. The fourth-order valence-corrected chi connectivity index (χ4v) is 14.7. The standard InChI is InChI=1S/C52H64N6O12/c1-48-16-15-36(60)17-32(48)7-12-37-38-18-33-22-58(29-52(33,41(62)23-59)49(38,2)20-40(61)45(37)48)35-10-5-30(6-11-35)19-50-26-51(27-50,28-50)57-47(68)69-24-31-3-8-34(9-4-31)55-46(67)39(13-14-44(65)66)56-42(63)21-54-43(64)25-70-53/h3-6,8-11,15-17,33,37-40,45,59,61H,7,12-14,18-29,53H2,1-2H3,(H,54,64)(H,55,67)(H,56,63)(H,57,68)(H,65,66)/t33-,37-,38-,39-,40-,45+,48-,49-,50?,51?,52+/m0/s1. The van der Waals surface area contributed by atoms with Crippen LogP contribution in [0.4, 0.5) is 16.2 Å². The zero-order chi connectivity index (χ0) is 49.8. The summed E-state index contributed by atoms with van der Waals surface area (Å²) in [7, 11) is 0. The quantitative estimate of drug-likeness (QED) is 0.0997. The van der Waals surface area contributed by atoms with E-state index < -0.39 is 72.5 Å². The van der Waals surface area contributed by atoms with E-state index >= 15 is 0 Å². The molecule has 0 spiro atoms. The fourth-order valence-electron chi connectivity index (χ4n) is 14.7. The first-order valence-corrected chi connectivity index (χ1v) is 24.4. The molecule has 1 saturated heterocycles. The molecule has 2 aromatic carbocycles. The summed E-state index contributed by atoms with van der Waals surface area (Å²) in [5, 5.41) is 42.1. The number of alkyl carbamates (subject to hydrolysis) is 1. The second-order valence-electron chi connectivity index (χ2n) is 21.8. The number of aliphatic hydroxyl groups excluding tert-OH is 2. The van der Waals surface area contributed by atoms with Gasteiger partial charge in [-0.1, -0.05) is 49.8 Å². The third kappa shape index (κ3) is 8.81. The number of carbonyl (C=O) groups is 7. The molecule has 9 atom stereocenters. The minimum absolute atomic E-state index is 0.00598. The molecule has 70 heavy (non-hydrogen) atoms. The van der Waals surface area contributed by atoms with Gasteiger partial charge in [0.25, 0.3) is 0 Å². The molecule has 1 heterocycles. The number of Topliss-reactive ketones (excluding diaryl/α,β-unsaturated/α-hetero) is 1. The van der Waals surface area contributed by atoms with Crippen molar-refractivity contribution in [1.82, 2.24) is 16.0 Å². The molecule has 4 amide bonds. The Morgan fingerprint density at radius 2 is 1.69 bits per heavy atom. The van der Waals surface area contributed by atoms with Crippen LogP contribution in [-0.4, -0.2) is 107 Å². The van der Waals surface area contributed by atoms with E-state index in [0.29, 0.717) is 30.8 Å². The molecular weight excluding hydrogens is 901 g/mol. The Morgan fingerprint density at radius 1 is 0.971 bits per heavy atom. The highest BCUT2D eigenvalue weighted by Gasteiger charge is 2.73. The average molecular weight is 965 g/mol. The number of carboxylic acids is 1. The predicted octanol–water partition coefficient (Wildman–Crippen LogP) is 3.25. The largest absolute Gasteiger partial charge is 0.481 e. The van der Waals surface area contributed by atoms with Gasteiger partial charge in [-0.15, -0.1) is 0 Å². The maximum Gasteiger partial charge on any atom is 0.407 e. The highest BCUT2D eigenvalue weighted by atomic mass is 16.6. The Labute approximate surface area is 406 Å². The van der Waals surface area contributed by atoms with E-state index in [4.69, 9.17) is 15.7 Å². The lowest BCUT2D eigenvalue weighted by Gasteiger charge is -2.70. The van der Waals surface area contributed by atoms with Crippen LogP contribution in [0.3, 0.4) is 0 Å². The van der Waals surface area contributed by atoms with E-state index in [1.165, 1.54) is 5.56 Å². The molecule has 374 valence electrons. The zero-order valence-corrected chi connectivity index (χ0v) is 39.7. The van der Waals surface area contributed by atoms with Crippen LogP contribution in [0.1, 0.15) is 82.8 Å². The number of carbonyl (C=O) groups excluding carboxylic acids is 6. The summed E-state index contributed by atoms with van der Waals surface area (Å²) in [6, 6.07) is 13.9. The summed E-state index contributed by atoms with van der Waals surface area (Å²) in [5.74, 6) is 2.01. The number of fused-ring (bicyclic) bond motifs is 7. The lowest BCUT2D eigenvalue weighted by molar-refractivity contribution is -0.157. The molecule has 0 radical (unpaired) electrons. The molecule has 2 aromatic rings. The van der Waals surface area contributed by atoms with Gasteiger partial charge in [0.05, 0.1) is 18.1 Å². The number of ether oxygens (including phenoxy) is 1. The number of allylic oxidation sites excluding steroid dienone is 4. The van der Waals surface area contributed by atoms with Gasteiger partial charge in [0, 0.05) is 47.8 Å². The number of anilines is 2. The maximum atomic E-state index is 14.2. The number of carboxylic acid groups (broad SMARTS) is 1. The molecule has 18 nitrogen and oxygen atoms in total. The number of hydrogen-bond donors (Lipinski definition) is 8. The zero-order valence-electron chi connectivity index (χ0n) is 39.7. The molecule has 18 heteroatoms. The average Bonchev–Trinajstić information content (AvgIpc) is 3.81. The lowest BCUT2D eigenvalue weighted by Crippen LogP contribution is -2.75. The molecule has 8 aliphatic rings. The Kier molecular flexibility index (Phi) is 13.1. The maximum absolute atomic E-state index is 14.2. The molecular formula is C52H64N6O12. The molecule has 1 aliphatic heterocycles. The highest BCUT2D eigenvalue weighted by Crippen LogP contribution is 2.73. The smallest absolute Gasteiger partial charge is 0.407 e. The van der Waals surface area contributed by atoms with E-state index in [1.54, 1.807) is 36.4 Å². The molecule has 7 aliphatic carbocycles. The number of aliphatic hydroxyl groups is 2. The van der Waals surface area contributed by atoms with Gasteiger partial charge in [-0.25, -0.2) is 10.7 Å². The molecule has 10 rings (SSSR count). The third-order valence-electron chi connectivity index (χ3n) is 17.6. The van der Waals surface area contributed by atoms with Crippen molar-refractivity contribution < 1.29 is 58.5 Å². The number of nitrogens with zero attached hydrogens (tertiary/aromatic N) is 1. The predicted molar refractivity (Wildman–Crippen MR) is 253 cm³/mol. The first-order chi connectivity index (χ1) is 33.3. The molecule has 2 bridgehead atoms. The number of benzene rings is 2. The van der Waals surface area contributed by atoms with E-state index in [0.717, 1.165) is 56.2 Å². The molecule has 6 saturated carbocycles. The summed E-state index contributed by atoms with van der Waals surface area (Å²) in [5.41, 5.74) is 2.52. The van der Waals surface area contributed by atoms with Gasteiger partial charge in [0.15, 0.2) is 11.6 Å². The SMILES string of the molecule is C[C@]12C=CC(=O)C=C1CC[C@@H]1[C@@H]2[C@@H](O)C[C@@]2(C)[C@H]1C[C@H]1CN(c3ccc(CC45CC(NC(=O)OCc6ccc(NC(=O)[C@H](CCC(=O)O)NC(=O)CNC(=O)CON)cc6)(C4)C5)cc3)C[C@]12C(=O)CO. The van der Waals surface area contributed by atoms with Crippen LogP contribution >= 0.6 is 0 Å². The minimum atomic E-state index is -1.20. The number of ketones is 2. The number of rotatable bonds is 18. The van der Waals surface area contributed by atoms with Crippen molar-refractivity contribution in [1.29, 1.82) is 0 Å². The normalized spacial score (nSPS) is 33.4. The Balaban J connectivity index is 0.741. The van der Waals surface area contributed by atoms with E-state index in [2.05, 4.69) is 69.1 Å². The van der Waals surface area contributed by atoms with Crippen molar-refractivity contribution in [3.8, 4) is 0 Å². The van der Waals surface area contributed by atoms with Crippen molar-refractivity contribution in [2.75, 3.05) is 43.1 Å². The van der Waals surface area contributed by atoms with Gasteiger partial charge in [0.1, 0.15) is 25.9 Å².